The number of allylic oxidation sites excluding steroid dienone is 1. The van der Waals surface area contributed by atoms with E-state index in [2.05, 4.69) is 17.2 Å². The summed E-state index contributed by atoms with van der Waals surface area (Å²) in [5.74, 6) is 6.10. The molecule has 0 aromatic heterocycles. The maximum atomic E-state index is 12.4. The van der Waals surface area contributed by atoms with Gasteiger partial charge in [-0.2, -0.15) is 0 Å². The second-order valence-corrected chi connectivity index (χ2v) is 5.74. The lowest BCUT2D eigenvalue weighted by atomic mass is 10.1. The highest BCUT2D eigenvalue weighted by molar-refractivity contribution is 5.99. The summed E-state index contributed by atoms with van der Waals surface area (Å²) in [5, 5.41) is 2.91. The van der Waals surface area contributed by atoms with Crippen molar-refractivity contribution in [1.82, 2.24) is 5.32 Å². The topological polar surface area (TPSA) is 29.1 Å². The molecule has 3 rings (SSSR count). The average molecular weight is 337 g/mol. The summed E-state index contributed by atoms with van der Waals surface area (Å²) >= 11 is 0. The van der Waals surface area contributed by atoms with Gasteiger partial charge < -0.3 is 5.32 Å². The predicted molar refractivity (Wildman–Crippen MR) is 106 cm³/mol. The number of benzene rings is 3. The van der Waals surface area contributed by atoms with Crippen molar-refractivity contribution in [3.63, 3.8) is 0 Å². The van der Waals surface area contributed by atoms with Crippen LogP contribution in [0.2, 0.25) is 0 Å². The normalized spacial score (nSPS) is 10.5. The second-order valence-electron chi connectivity index (χ2n) is 5.74. The molecular weight excluding hydrogens is 318 g/mol. The molecule has 0 bridgehead atoms. The molecule has 0 atom stereocenters. The smallest absolute Gasteiger partial charge is 0.245 e. The highest BCUT2D eigenvalue weighted by Crippen LogP contribution is 2.13. The Morgan fingerprint density at radius 2 is 1.38 bits per heavy atom. The molecule has 3 aromatic carbocycles. The van der Waals surface area contributed by atoms with E-state index in [1.807, 2.05) is 91.0 Å². The second kappa shape index (κ2) is 9.05. The van der Waals surface area contributed by atoms with Crippen LogP contribution in [0.4, 0.5) is 0 Å². The van der Waals surface area contributed by atoms with E-state index in [0.29, 0.717) is 12.1 Å². The average Bonchev–Trinajstić information content (AvgIpc) is 2.72. The van der Waals surface area contributed by atoms with Crippen LogP contribution >= 0.6 is 0 Å². The summed E-state index contributed by atoms with van der Waals surface area (Å²) in [5.41, 5.74) is 3.59. The maximum Gasteiger partial charge on any atom is 0.245 e. The predicted octanol–water partition coefficient (Wildman–Crippen LogP) is 4.44. The molecule has 0 unspecified atom stereocenters. The lowest BCUT2D eigenvalue weighted by Gasteiger charge is -2.04. The molecule has 0 spiro atoms. The summed E-state index contributed by atoms with van der Waals surface area (Å²) in [4.78, 5) is 12.4. The maximum absolute atomic E-state index is 12.4. The monoisotopic (exact) mass is 337 g/mol. The van der Waals surface area contributed by atoms with Crippen LogP contribution < -0.4 is 5.32 Å². The quantitative estimate of drug-likeness (QED) is 0.553. The van der Waals surface area contributed by atoms with Gasteiger partial charge in [-0.05, 0) is 23.3 Å². The van der Waals surface area contributed by atoms with Gasteiger partial charge in [-0.3, -0.25) is 4.79 Å². The molecule has 0 aliphatic rings. The third-order valence-electron chi connectivity index (χ3n) is 3.79. The molecule has 2 heteroatoms. The third kappa shape index (κ3) is 5.22. The number of rotatable bonds is 4. The van der Waals surface area contributed by atoms with Gasteiger partial charge in [0, 0.05) is 23.8 Å². The zero-order valence-corrected chi connectivity index (χ0v) is 14.4. The fourth-order valence-electron chi connectivity index (χ4n) is 2.44. The summed E-state index contributed by atoms with van der Waals surface area (Å²) in [7, 11) is 0. The molecule has 0 aliphatic heterocycles. The van der Waals surface area contributed by atoms with Crippen LogP contribution in [0.5, 0.6) is 0 Å². The molecule has 0 radical (unpaired) electrons. The first-order valence-electron chi connectivity index (χ1n) is 8.47. The van der Waals surface area contributed by atoms with Crippen molar-refractivity contribution >= 4 is 11.5 Å². The van der Waals surface area contributed by atoms with Gasteiger partial charge in [0.25, 0.3) is 0 Å². The number of amides is 1. The highest BCUT2D eigenvalue weighted by Gasteiger charge is 2.03. The number of hydrogen-bond acceptors (Lipinski definition) is 1. The van der Waals surface area contributed by atoms with Gasteiger partial charge in [0.2, 0.25) is 5.91 Å². The molecule has 0 aliphatic carbocycles. The molecule has 0 saturated carbocycles. The Balaban J connectivity index is 1.80. The third-order valence-corrected chi connectivity index (χ3v) is 3.79. The Kier molecular flexibility index (Phi) is 6.01. The van der Waals surface area contributed by atoms with E-state index in [0.717, 1.165) is 16.7 Å². The Labute approximate surface area is 154 Å². The van der Waals surface area contributed by atoms with Crippen LogP contribution in [-0.4, -0.2) is 5.91 Å². The fourth-order valence-corrected chi connectivity index (χ4v) is 2.44. The van der Waals surface area contributed by atoms with E-state index in [4.69, 9.17) is 0 Å². The molecule has 1 amide bonds. The van der Waals surface area contributed by atoms with Crippen LogP contribution in [0.15, 0.2) is 97.1 Å². The van der Waals surface area contributed by atoms with Gasteiger partial charge in [0.1, 0.15) is 0 Å². The van der Waals surface area contributed by atoms with Crippen molar-refractivity contribution in [3.05, 3.63) is 114 Å². The summed E-state index contributed by atoms with van der Waals surface area (Å²) in [6.07, 6.45) is 1.56. The first-order valence-corrected chi connectivity index (χ1v) is 8.47. The van der Waals surface area contributed by atoms with Crippen LogP contribution in [0.3, 0.4) is 0 Å². The van der Waals surface area contributed by atoms with E-state index in [-0.39, 0.29) is 5.91 Å². The van der Waals surface area contributed by atoms with Gasteiger partial charge in [-0.15, -0.1) is 0 Å². The molecule has 0 heterocycles. The van der Waals surface area contributed by atoms with E-state index >= 15 is 0 Å². The van der Waals surface area contributed by atoms with Crippen molar-refractivity contribution in [3.8, 4) is 11.8 Å². The molecule has 1 N–H and O–H groups in total. The minimum Gasteiger partial charge on any atom is -0.348 e. The van der Waals surface area contributed by atoms with Gasteiger partial charge in [-0.25, -0.2) is 0 Å². The molecule has 2 nitrogen and oxygen atoms in total. The lowest BCUT2D eigenvalue weighted by molar-refractivity contribution is -0.116. The molecule has 26 heavy (non-hydrogen) atoms. The van der Waals surface area contributed by atoms with Gasteiger partial charge in [0.05, 0.1) is 0 Å². The van der Waals surface area contributed by atoms with E-state index in [1.54, 1.807) is 6.08 Å². The molecular formula is C24H19NO. The lowest BCUT2D eigenvalue weighted by Crippen LogP contribution is -2.20. The van der Waals surface area contributed by atoms with Crippen molar-refractivity contribution in [1.29, 1.82) is 0 Å². The highest BCUT2D eigenvalue weighted by atomic mass is 16.1. The van der Waals surface area contributed by atoms with Crippen LogP contribution in [0.25, 0.3) is 5.57 Å². The number of carbonyl (C=O) groups excluding carboxylic acids is 1. The number of hydrogen-bond donors (Lipinski definition) is 1. The van der Waals surface area contributed by atoms with Gasteiger partial charge in [0.15, 0.2) is 0 Å². The van der Waals surface area contributed by atoms with E-state index in [1.165, 1.54) is 0 Å². The minimum atomic E-state index is -0.157. The van der Waals surface area contributed by atoms with Crippen molar-refractivity contribution in [2.24, 2.45) is 0 Å². The summed E-state index contributed by atoms with van der Waals surface area (Å²) in [6, 6.07) is 29.3. The first-order chi connectivity index (χ1) is 12.8. The van der Waals surface area contributed by atoms with Gasteiger partial charge in [-0.1, -0.05) is 90.7 Å². The van der Waals surface area contributed by atoms with Gasteiger partial charge >= 0.3 is 0 Å². The summed E-state index contributed by atoms with van der Waals surface area (Å²) < 4.78 is 0. The zero-order valence-electron chi connectivity index (χ0n) is 14.4. The number of nitrogens with one attached hydrogen (secondary N) is 1. The summed E-state index contributed by atoms with van der Waals surface area (Å²) in [6.45, 7) is 0.490. The van der Waals surface area contributed by atoms with Crippen molar-refractivity contribution in [2.45, 2.75) is 6.54 Å². The standard InChI is InChI=1S/C24H19NO/c26-24(25-19-21-12-6-2-7-13-21)18-23(22-14-8-3-9-15-22)17-16-20-10-4-1-5-11-20/h1-15,18H,19H2,(H,25,26)/b23-18+. The van der Waals surface area contributed by atoms with Crippen LogP contribution in [0, 0.1) is 11.8 Å². The molecule has 0 saturated heterocycles. The SMILES string of the molecule is O=C(/C=C(\C#Cc1ccccc1)c1ccccc1)NCc1ccccc1. The molecule has 126 valence electrons. The van der Waals surface area contributed by atoms with E-state index in [9.17, 15) is 4.79 Å². The van der Waals surface area contributed by atoms with Crippen molar-refractivity contribution < 1.29 is 4.79 Å². The van der Waals surface area contributed by atoms with Crippen LogP contribution in [-0.2, 0) is 11.3 Å². The Hall–Kier alpha value is -3.57. The largest absolute Gasteiger partial charge is 0.348 e. The van der Waals surface area contributed by atoms with E-state index < -0.39 is 0 Å². The zero-order chi connectivity index (χ0) is 18.0. The van der Waals surface area contributed by atoms with Crippen LogP contribution in [0.1, 0.15) is 16.7 Å². The molecule has 0 fully saturated rings. The Morgan fingerprint density at radius 1 is 0.808 bits per heavy atom. The minimum absolute atomic E-state index is 0.157. The fraction of sp³-hybridized carbons (Fsp3) is 0.0417. The Bertz CT molecular complexity index is 933. The molecule has 3 aromatic rings. The Morgan fingerprint density at radius 3 is 2.04 bits per heavy atom. The van der Waals surface area contributed by atoms with Crippen molar-refractivity contribution in [2.75, 3.05) is 0 Å². The number of carbonyl (C=O) groups is 1. The first kappa shape index (κ1) is 17.3.